The number of hydrogen-bond acceptors (Lipinski definition) is 3. The number of nitrogens with two attached hydrogens (primary N) is 1. The first-order valence-electron chi connectivity index (χ1n) is 5.96. The molecule has 4 nitrogen and oxygen atoms in total. The molecule has 0 aliphatic rings. The first kappa shape index (κ1) is 14.4. The lowest BCUT2D eigenvalue weighted by molar-refractivity contribution is 0.0759. The molecule has 0 aliphatic heterocycles. The van der Waals surface area contributed by atoms with Crippen molar-refractivity contribution in [1.29, 1.82) is 0 Å². The van der Waals surface area contributed by atoms with Crippen molar-refractivity contribution in [2.24, 2.45) is 5.73 Å². The van der Waals surface area contributed by atoms with Crippen LogP contribution in [0.1, 0.15) is 23.7 Å². The summed E-state index contributed by atoms with van der Waals surface area (Å²) < 4.78 is 18.7. The summed E-state index contributed by atoms with van der Waals surface area (Å²) in [5.41, 5.74) is 5.47. The maximum absolute atomic E-state index is 13.8. The quantitative estimate of drug-likeness (QED) is 0.839. The summed E-state index contributed by atoms with van der Waals surface area (Å²) in [6.07, 6.45) is 0.706. The normalized spacial score (nSPS) is 10.2. The third-order valence-electron chi connectivity index (χ3n) is 2.71. The van der Waals surface area contributed by atoms with E-state index in [4.69, 9.17) is 10.5 Å². The zero-order valence-electron chi connectivity index (χ0n) is 10.8. The van der Waals surface area contributed by atoms with Gasteiger partial charge in [-0.3, -0.25) is 4.79 Å². The second-order valence-corrected chi connectivity index (χ2v) is 3.87. The number of amides is 1. The van der Waals surface area contributed by atoms with Gasteiger partial charge in [0, 0.05) is 19.2 Å². The van der Waals surface area contributed by atoms with Crippen LogP contribution in [0, 0.1) is 5.82 Å². The smallest absolute Gasteiger partial charge is 0.256 e. The van der Waals surface area contributed by atoms with Crippen molar-refractivity contribution in [1.82, 2.24) is 4.90 Å². The topological polar surface area (TPSA) is 55.6 Å². The largest absolute Gasteiger partial charge is 0.497 e. The highest BCUT2D eigenvalue weighted by Gasteiger charge is 2.18. The van der Waals surface area contributed by atoms with E-state index in [1.807, 2.05) is 6.92 Å². The molecule has 0 spiro atoms. The fourth-order valence-corrected chi connectivity index (χ4v) is 1.65. The Morgan fingerprint density at radius 1 is 1.50 bits per heavy atom. The summed E-state index contributed by atoms with van der Waals surface area (Å²) in [4.78, 5) is 13.7. The predicted molar refractivity (Wildman–Crippen MR) is 68.2 cm³/mol. The number of ether oxygens (including phenoxy) is 1. The maximum Gasteiger partial charge on any atom is 0.256 e. The number of halogens is 1. The van der Waals surface area contributed by atoms with Gasteiger partial charge in [0.1, 0.15) is 11.6 Å². The van der Waals surface area contributed by atoms with Gasteiger partial charge < -0.3 is 15.4 Å². The van der Waals surface area contributed by atoms with Crippen LogP contribution in [-0.4, -0.2) is 37.6 Å². The Kier molecular flexibility index (Phi) is 5.58. The number of benzene rings is 1. The molecule has 0 aliphatic carbocycles. The molecule has 2 N–H and O–H groups in total. The van der Waals surface area contributed by atoms with E-state index in [1.54, 1.807) is 11.0 Å². The van der Waals surface area contributed by atoms with E-state index < -0.39 is 5.82 Å². The molecule has 0 saturated carbocycles. The number of rotatable bonds is 6. The summed E-state index contributed by atoms with van der Waals surface area (Å²) in [7, 11) is 1.45. The highest BCUT2D eigenvalue weighted by atomic mass is 19.1. The molecule has 18 heavy (non-hydrogen) atoms. The summed E-state index contributed by atoms with van der Waals surface area (Å²) in [5, 5.41) is 0. The lowest BCUT2D eigenvalue weighted by Crippen LogP contribution is -2.33. The molecule has 0 radical (unpaired) electrons. The van der Waals surface area contributed by atoms with Crippen LogP contribution < -0.4 is 10.5 Å². The van der Waals surface area contributed by atoms with Gasteiger partial charge in [-0.15, -0.1) is 0 Å². The lowest BCUT2D eigenvalue weighted by Gasteiger charge is -2.21. The van der Waals surface area contributed by atoms with E-state index in [9.17, 15) is 9.18 Å². The third kappa shape index (κ3) is 3.43. The summed E-state index contributed by atoms with van der Waals surface area (Å²) in [5.74, 6) is -0.481. The van der Waals surface area contributed by atoms with Crippen LogP contribution in [0.3, 0.4) is 0 Å². The Labute approximate surface area is 107 Å². The van der Waals surface area contributed by atoms with Crippen molar-refractivity contribution in [3.8, 4) is 5.75 Å². The molecule has 5 heteroatoms. The van der Waals surface area contributed by atoms with Crippen molar-refractivity contribution in [3.05, 3.63) is 29.6 Å². The van der Waals surface area contributed by atoms with Gasteiger partial charge in [-0.2, -0.15) is 0 Å². The van der Waals surface area contributed by atoms with E-state index in [-0.39, 0.29) is 11.5 Å². The van der Waals surface area contributed by atoms with E-state index in [0.29, 0.717) is 31.8 Å². The maximum atomic E-state index is 13.8. The number of hydrogen-bond donors (Lipinski definition) is 1. The molecule has 0 fully saturated rings. The second-order valence-electron chi connectivity index (χ2n) is 3.87. The van der Waals surface area contributed by atoms with Gasteiger partial charge in [-0.25, -0.2) is 4.39 Å². The predicted octanol–water partition coefficient (Wildman–Crippen LogP) is 1.65. The van der Waals surface area contributed by atoms with Crippen molar-refractivity contribution in [2.75, 3.05) is 26.7 Å². The molecule has 100 valence electrons. The van der Waals surface area contributed by atoms with E-state index >= 15 is 0 Å². The highest BCUT2D eigenvalue weighted by molar-refractivity contribution is 5.94. The molecular formula is C13H19FN2O2. The second kappa shape index (κ2) is 6.96. The van der Waals surface area contributed by atoms with Gasteiger partial charge in [0.25, 0.3) is 5.91 Å². The van der Waals surface area contributed by atoms with Crippen molar-refractivity contribution < 1.29 is 13.9 Å². The van der Waals surface area contributed by atoms with Gasteiger partial charge in [-0.05, 0) is 32.0 Å². The minimum absolute atomic E-state index is 0.0645. The van der Waals surface area contributed by atoms with Gasteiger partial charge in [-0.1, -0.05) is 0 Å². The first-order chi connectivity index (χ1) is 8.63. The molecule has 0 heterocycles. The molecule has 1 rings (SSSR count). The van der Waals surface area contributed by atoms with Crippen LogP contribution in [0.25, 0.3) is 0 Å². The summed E-state index contributed by atoms with van der Waals surface area (Å²) >= 11 is 0. The zero-order chi connectivity index (χ0) is 13.5. The average molecular weight is 254 g/mol. The lowest BCUT2D eigenvalue weighted by atomic mass is 10.1. The Morgan fingerprint density at radius 3 is 2.72 bits per heavy atom. The molecule has 0 aromatic heterocycles. The molecular weight excluding hydrogens is 235 g/mol. The minimum atomic E-state index is -0.564. The monoisotopic (exact) mass is 254 g/mol. The van der Waals surface area contributed by atoms with Gasteiger partial charge in [0.2, 0.25) is 0 Å². The number of carbonyl (C=O) groups is 1. The number of carbonyl (C=O) groups excluding carboxylic acids is 1. The summed E-state index contributed by atoms with van der Waals surface area (Å²) in [6.45, 7) is 3.44. The standard InChI is InChI=1S/C13H19FN2O2/c1-3-16(8-4-7-15)13(17)11-6-5-10(18-2)9-12(11)14/h5-6,9H,3-4,7-8,15H2,1-2H3. The third-order valence-corrected chi connectivity index (χ3v) is 2.71. The Bertz CT molecular complexity index is 410. The molecule has 1 amide bonds. The van der Waals surface area contributed by atoms with Crippen LogP contribution in [0.5, 0.6) is 5.75 Å². The minimum Gasteiger partial charge on any atom is -0.497 e. The first-order valence-corrected chi connectivity index (χ1v) is 5.96. The van der Waals surface area contributed by atoms with Crippen LogP contribution in [0.15, 0.2) is 18.2 Å². The fraction of sp³-hybridized carbons (Fsp3) is 0.462. The zero-order valence-corrected chi connectivity index (χ0v) is 10.8. The number of methoxy groups -OCH3 is 1. The van der Waals surface area contributed by atoms with Gasteiger partial charge >= 0.3 is 0 Å². The Morgan fingerprint density at radius 2 is 2.22 bits per heavy atom. The van der Waals surface area contributed by atoms with Crippen LogP contribution >= 0.6 is 0 Å². The van der Waals surface area contributed by atoms with Crippen LogP contribution in [-0.2, 0) is 0 Å². The molecule has 1 aromatic carbocycles. The summed E-state index contributed by atoms with van der Waals surface area (Å²) in [6, 6.07) is 4.23. The number of nitrogens with zero attached hydrogens (tertiary/aromatic N) is 1. The molecule has 0 saturated heterocycles. The Hall–Kier alpha value is -1.62. The highest BCUT2D eigenvalue weighted by Crippen LogP contribution is 2.17. The average Bonchev–Trinajstić information content (AvgIpc) is 2.39. The van der Waals surface area contributed by atoms with Gasteiger partial charge in [0.05, 0.1) is 12.7 Å². The van der Waals surface area contributed by atoms with Crippen molar-refractivity contribution in [3.63, 3.8) is 0 Å². The van der Waals surface area contributed by atoms with Crippen LogP contribution in [0.2, 0.25) is 0 Å². The van der Waals surface area contributed by atoms with E-state index in [0.717, 1.165) is 0 Å². The fourth-order valence-electron chi connectivity index (χ4n) is 1.65. The van der Waals surface area contributed by atoms with Crippen molar-refractivity contribution in [2.45, 2.75) is 13.3 Å². The van der Waals surface area contributed by atoms with Crippen LogP contribution in [0.4, 0.5) is 4.39 Å². The van der Waals surface area contributed by atoms with Crippen molar-refractivity contribution >= 4 is 5.91 Å². The van der Waals surface area contributed by atoms with E-state index in [2.05, 4.69) is 0 Å². The Balaban J connectivity index is 2.87. The molecule has 0 atom stereocenters. The SMILES string of the molecule is CCN(CCCN)C(=O)c1ccc(OC)cc1F. The van der Waals surface area contributed by atoms with E-state index in [1.165, 1.54) is 19.2 Å². The molecule has 0 bridgehead atoms. The van der Waals surface area contributed by atoms with Gasteiger partial charge in [0.15, 0.2) is 0 Å². The molecule has 1 aromatic rings. The molecule has 0 unspecified atom stereocenters.